The first kappa shape index (κ1) is 19.1. The molecule has 150 valence electrons. The molecule has 0 radical (unpaired) electrons. The Morgan fingerprint density at radius 2 is 1.76 bits per heavy atom. The molecule has 1 amide bonds. The largest absolute Gasteiger partial charge is 0.447 e. The van der Waals surface area contributed by atoms with E-state index in [9.17, 15) is 13.6 Å². The fourth-order valence-electron chi connectivity index (χ4n) is 3.26. The van der Waals surface area contributed by atoms with Crippen molar-refractivity contribution in [3.05, 3.63) is 78.0 Å². The fourth-order valence-corrected chi connectivity index (χ4v) is 3.26. The van der Waals surface area contributed by atoms with Gasteiger partial charge in [0.1, 0.15) is 17.9 Å². The zero-order chi connectivity index (χ0) is 20.2. The third kappa shape index (κ3) is 4.60. The summed E-state index contributed by atoms with van der Waals surface area (Å²) >= 11 is 0. The monoisotopic (exact) mass is 398 g/mol. The lowest BCUT2D eigenvalue weighted by Crippen LogP contribution is -2.46. The van der Waals surface area contributed by atoms with Gasteiger partial charge in [-0.05, 0) is 36.4 Å². The van der Waals surface area contributed by atoms with Crippen molar-refractivity contribution in [1.82, 2.24) is 9.88 Å². The SMILES string of the molecule is O=C(Nc1ccc(F)cc1)c1coc(CN2CCN(c3ccccc3F)CC2)n1. The number of nitrogens with one attached hydrogen (secondary N) is 1. The van der Waals surface area contributed by atoms with E-state index < -0.39 is 5.91 Å². The number of nitrogens with zero attached hydrogens (tertiary/aromatic N) is 3. The highest BCUT2D eigenvalue weighted by Crippen LogP contribution is 2.21. The van der Waals surface area contributed by atoms with Gasteiger partial charge >= 0.3 is 0 Å². The number of anilines is 2. The number of piperazine rings is 1. The molecule has 1 aromatic heterocycles. The van der Waals surface area contributed by atoms with Crippen molar-refractivity contribution in [2.75, 3.05) is 36.4 Å². The van der Waals surface area contributed by atoms with Gasteiger partial charge in [-0.3, -0.25) is 9.69 Å². The van der Waals surface area contributed by atoms with Crippen molar-refractivity contribution in [3.8, 4) is 0 Å². The number of aromatic nitrogens is 1. The Balaban J connectivity index is 1.31. The predicted molar refractivity (Wildman–Crippen MR) is 105 cm³/mol. The van der Waals surface area contributed by atoms with E-state index in [0.717, 1.165) is 13.1 Å². The molecule has 1 fully saturated rings. The first-order valence-electron chi connectivity index (χ1n) is 9.31. The second-order valence-electron chi connectivity index (χ2n) is 6.80. The third-order valence-electron chi connectivity index (χ3n) is 4.81. The minimum absolute atomic E-state index is 0.161. The van der Waals surface area contributed by atoms with Crippen LogP contribution in [0.5, 0.6) is 0 Å². The van der Waals surface area contributed by atoms with E-state index in [0.29, 0.717) is 36.9 Å². The standard InChI is InChI=1S/C21H20F2N4O2/c22-15-5-7-16(8-6-15)24-21(28)18-14-29-20(25-18)13-26-9-11-27(12-10-26)19-4-2-1-3-17(19)23/h1-8,14H,9-13H2,(H,24,28). The third-order valence-corrected chi connectivity index (χ3v) is 4.81. The lowest BCUT2D eigenvalue weighted by atomic mass is 10.2. The van der Waals surface area contributed by atoms with Crippen LogP contribution in [0.4, 0.5) is 20.2 Å². The van der Waals surface area contributed by atoms with Gasteiger partial charge in [0.05, 0.1) is 12.2 Å². The van der Waals surface area contributed by atoms with Crippen molar-refractivity contribution >= 4 is 17.3 Å². The van der Waals surface area contributed by atoms with Gasteiger partial charge in [0.2, 0.25) is 5.89 Å². The minimum Gasteiger partial charge on any atom is -0.447 e. The van der Waals surface area contributed by atoms with Gasteiger partial charge in [0, 0.05) is 31.9 Å². The van der Waals surface area contributed by atoms with Gasteiger partial charge < -0.3 is 14.6 Å². The number of rotatable bonds is 5. The van der Waals surface area contributed by atoms with E-state index in [1.54, 1.807) is 12.1 Å². The summed E-state index contributed by atoms with van der Waals surface area (Å²) in [5, 5.41) is 2.65. The van der Waals surface area contributed by atoms with Gasteiger partial charge in [0.15, 0.2) is 5.69 Å². The number of oxazole rings is 1. The first-order chi connectivity index (χ1) is 14.1. The average Bonchev–Trinajstić information content (AvgIpc) is 3.19. The maximum Gasteiger partial charge on any atom is 0.277 e. The first-order valence-corrected chi connectivity index (χ1v) is 9.31. The molecule has 0 aliphatic carbocycles. The van der Waals surface area contributed by atoms with Crippen LogP contribution in [0.1, 0.15) is 16.4 Å². The number of carbonyl (C=O) groups is 1. The second-order valence-corrected chi connectivity index (χ2v) is 6.80. The van der Waals surface area contributed by atoms with Crippen molar-refractivity contribution in [3.63, 3.8) is 0 Å². The Bertz CT molecular complexity index is 982. The molecule has 8 heteroatoms. The zero-order valence-electron chi connectivity index (χ0n) is 15.6. The van der Waals surface area contributed by atoms with Crippen LogP contribution in [-0.4, -0.2) is 42.0 Å². The van der Waals surface area contributed by atoms with E-state index in [2.05, 4.69) is 15.2 Å². The normalized spacial score (nSPS) is 14.8. The summed E-state index contributed by atoms with van der Waals surface area (Å²) in [5.41, 5.74) is 1.25. The summed E-state index contributed by atoms with van der Waals surface area (Å²) < 4.78 is 32.3. The summed E-state index contributed by atoms with van der Waals surface area (Å²) in [6.07, 6.45) is 1.31. The quantitative estimate of drug-likeness (QED) is 0.713. The number of carbonyl (C=O) groups excluding carboxylic acids is 1. The summed E-state index contributed by atoms with van der Waals surface area (Å²) in [7, 11) is 0. The Kier molecular flexibility index (Phi) is 5.53. The number of amides is 1. The molecule has 0 saturated carbocycles. The van der Waals surface area contributed by atoms with Gasteiger partial charge in [-0.15, -0.1) is 0 Å². The Hall–Kier alpha value is -3.26. The summed E-state index contributed by atoms with van der Waals surface area (Å²) in [4.78, 5) is 20.7. The van der Waals surface area contributed by atoms with Gasteiger partial charge in [-0.1, -0.05) is 12.1 Å². The lowest BCUT2D eigenvalue weighted by molar-refractivity contribution is 0.102. The van der Waals surface area contributed by atoms with Crippen LogP contribution in [0, 0.1) is 11.6 Å². The van der Waals surface area contributed by atoms with E-state index in [1.165, 1.54) is 36.6 Å². The molecule has 1 aliphatic rings. The number of halogens is 2. The van der Waals surface area contributed by atoms with Crippen molar-refractivity contribution in [1.29, 1.82) is 0 Å². The molecule has 0 atom stereocenters. The highest BCUT2D eigenvalue weighted by Gasteiger charge is 2.21. The van der Waals surface area contributed by atoms with E-state index in [1.807, 2.05) is 11.0 Å². The number of hydrogen-bond donors (Lipinski definition) is 1. The molecule has 3 aromatic rings. The van der Waals surface area contributed by atoms with Gasteiger partial charge in [-0.2, -0.15) is 0 Å². The van der Waals surface area contributed by atoms with Crippen LogP contribution >= 0.6 is 0 Å². The van der Waals surface area contributed by atoms with E-state index in [4.69, 9.17) is 4.42 Å². The Morgan fingerprint density at radius 3 is 2.48 bits per heavy atom. The molecule has 2 aromatic carbocycles. The topological polar surface area (TPSA) is 61.6 Å². The van der Waals surface area contributed by atoms with Crippen LogP contribution in [0.15, 0.2) is 59.2 Å². The summed E-state index contributed by atoms with van der Waals surface area (Å²) in [6.45, 7) is 3.32. The summed E-state index contributed by atoms with van der Waals surface area (Å²) in [5.74, 6) is -0.572. The fraction of sp³-hybridized carbons (Fsp3) is 0.238. The molecule has 1 aliphatic heterocycles. The molecule has 6 nitrogen and oxygen atoms in total. The van der Waals surface area contributed by atoms with Crippen LogP contribution in [0.3, 0.4) is 0 Å². The average molecular weight is 398 g/mol. The molecule has 1 saturated heterocycles. The van der Waals surface area contributed by atoms with Crippen LogP contribution < -0.4 is 10.2 Å². The lowest BCUT2D eigenvalue weighted by Gasteiger charge is -2.35. The van der Waals surface area contributed by atoms with Gasteiger partial charge in [0.25, 0.3) is 5.91 Å². The summed E-state index contributed by atoms with van der Waals surface area (Å²) in [6, 6.07) is 12.2. The zero-order valence-corrected chi connectivity index (χ0v) is 15.6. The van der Waals surface area contributed by atoms with E-state index in [-0.39, 0.29) is 17.3 Å². The van der Waals surface area contributed by atoms with Crippen LogP contribution in [0.2, 0.25) is 0 Å². The number of benzene rings is 2. The van der Waals surface area contributed by atoms with E-state index >= 15 is 0 Å². The van der Waals surface area contributed by atoms with Crippen molar-refractivity contribution in [2.45, 2.75) is 6.54 Å². The molecule has 0 spiro atoms. The minimum atomic E-state index is -0.420. The molecule has 4 rings (SSSR count). The van der Waals surface area contributed by atoms with Crippen molar-refractivity contribution in [2.24, 2.45) is 0 Å². The molecule has 29 heavy (non-hydrogen) atoms. The molecule has 1 N–H and O–H groups in total. The molecule has 2 heterocycles. The molecular weight excluding hydrogens is 378 g/mol. The Morgan fingerprint density at radius 1 is 1.03 bits per heavy atom. The molecule has 0 bridgehead atoms. The molecule has 0 unspecified atom stereocenters. The molecular formula is C21H20F2N4O2. The van der Waals surface area contributed by atoms with Crippen LogP contribution in [0.25, 0.3) is 0 Å². The van der Waals surface area contributed by atoms with Gasteiger partial charge in [-0.25, -0.2) is 13.8 Å². The second kappa shape index (κ2) is 8.40. The highest BCUT2D eigenvalue weighted by atomic mass is 19.1. The number of hydrogen-bond acceptors (Lipinski definition) is 5. The van der Waals surface area contributed by atoms with Crippen molar-refractivity contribution < 1.29 is 18.0 Å². The Labute approximate surface area is 166 Å². The maximum absolute atomic E-state index is 13.9. The maximum atomic E-state index is 13.9. The van der Waals surface area contributed by atoms with Crippen LogP contribution in [-0.2, 0) is 6.54 Å². The predicted octanol–water partition coefficient (Wildman–Crippen LogP) is 3.53. The smallest absolute Gasteiger partial charge is 0.277 e. The highest BCUT2D eigenvalue weighted by molar-refractivity contribution is 6.02. The number of para-hydroxylation sites is 1.